The molecule has 0 aromatic carbocycles. The number of hydrogen-bond donors (Lipinski definition) is 1. The summed E-state index contributed by atoms with van der Waals surface area (Å²) in [6.45, 7) is 0. The number of hydrogen-bond acceptors (Lipinski definition) is 5. The van der Waals surface area contributed by atoms with Gasteiger partial charge in [-0.3, -0.25) is 0 Å². The molecule has 0 radical (unpaired) electrons. The topological polar surface area (TPSA) is 85.9 Å². The van der Waals surface area contributed by atoms with Gasteiger partial charge in [-0.1, -0.05) is 0 Å². The Morgan fingerprint density at radius 1 is 1.62 bits per heavy atom. The molecule has 0 fully saturated rings. The lowest BCUT2D eigenvalue weighted by Gasteiger charge is -2.00. The molecule has 0 amide bonds. The molecule has 72 valence electrons. The van der Waals surface area contributed by atoms with E-state index in [9.17, 15) is 8.42 Å². The Morgan fingerprint density at radius 2 is 2.23 bits per heavy atom. The Hall–Kier alpha value is -0.440. The third kappa shape index (κ3) is 3.43. The molecule has 1 aromatic heterocycles. The Morgan fingerprint density at radius 3 is 2.69 bits per heavy atom. The zero-order chi connectivity index (χ0) is 10.1. The van der Waals surface area contributed by atoms with E-state index in [-0.39, 0.29) is 11.6 Å². The first kappa shape index (κ1) is 10.6. The summed E-state index contributed by atoms with van der Waals surface area (Å²) in [5, 5.41) is 0. The molecule has 0 saturated carbocycles. The third-order valence-corrected chi connectivity index (χ3v) is 2.83. The SMILES string of the molecule is CS(=O)(=O)Cc1ncc(I)c(N)n1. The lowest BCUT2D eigenvalue weighted by Crippen LogP contribution is -2.07. The number of anilines is 1. The number of nitrogen functional groups attached to an aromatic ring is 1. The number of sulfone groups is 1. The van der Waals surface area contributed by atoms with Crippen molar-refractivity contribution >= 4 is 38.2 Å². The molecule has 7 heteroatoms. The van der Waals surface area contributed by atoms with Crippen molar-refractivity contribution in [3.8, 4) is 0 Å². The molecule has 1 aromatic rings. The van der Waals surface area contributed by atoms with E-state index in [0.717, 1.165) is 9.83 Å². The molecule has 0 atom stereocenters. The van der Waals surface area contributed by atoms with Crippen molar-refractivity contribution in [2.45, 2.75) is 5.75 Å². The van der Waals surface area contributed by atoms with Crippen molar-refractivity contribution in [1.29, 1.82) is 0 Å². The first-order valence-corrected chi connectivity index (χ1v) is 6.47. The van der Waals surface area contributed by atoms with Gasteiger partial charge in [-0.05, 0) is 22.6 Å². The highest BCUT2D eigenvalue weighted by atomic mass is 127. The average Bonchev–Trinajstić information content (AvgIpc) is 1.94. The maximum absolute atomic E-state index is 10.9. The largest absolute Gasteiger partial charge is 0.383 e. The highest BCUT2D eigenvalue weighted by Crippen LogP contribution is 2.10. The summed E-state index contributed by atoms with van der Waals surface area (Å²) in [6.07, 6.45) is 2.63. The van der Waals surface area contributed by atoms with Crippen molar-refractivity contribution < 1.29 is 8.42 Å². The van der Waals surface area contributed by atoms with Gasteiger partial charge in [0.1, 0.15) is 17.4 Å². The van der Waals surface area contributed by atoms with Crippen LogP contribution in [-0.4, -0.2) is 24.6 Å². The Kier molecular flexibility index (Phi) is 3.06. The molecule has 1 rings (SSSR count). The van der Waals surface area contributed by atoms with Gasteiger partial charge in [0.15, 0.2) is 9.84 Å². The van der Waals surface area contributed by atoms with E-state index in [1.807, 2.05) is 22.6 Å². The van der Waals surface area contributed by atoms with E-state index in [2.05, 4.69) is 9.97 Å². The standard InChI is InChI=1S/C6H8IN3O2S/c1-13(11,12)3-5-9-2-4(7)6(8)10-5/h2H,3H2,1H3,(H2,8,9,10). The molecule has 5 nitrogen and oxygen atoms in total. The van der Waals surface area contributed by atoms with Gasteiger partial charge in [0, 0.05) is 12.5 Å². The number of rotatable bonds is 2. The van der Waals surface area contributed by atoms with Crippen molar-refractivity contribution in [2.24, 2.45) is 0 Å². The highest BCUT2D eigenvalue weighted by Gasteiger charge is 2.08. The van der Waals surface area contributed by atoms with E-state index in [1.165, 1.54) is 6.20 Å². The molecular weight excluding hydrogens is 305 g/mol. The summed E-state index contributed by atoms with van der Waals surface area (Å²) in [7, 11) is -3.09. The van der Waals surface area contributed by atoms with Crippen LogP contribution in [0, 0.1) is 3.57 Å². The van der Waals surface area contributed by atoms with Crippen LogP contribution in [0.3, 0.4) is 0 Å². The molecule has 0 spiro atoms. The molecule has 0 aliphatic heterocycles. The third-order valence-electron chi connectivity index (χ3n) is 1.21. The van der Waals surface area contributed by atoms with Crippen LogP contribution < -0.4 is 5.73 Å². The molecule has 0 unspecified atom stereocenters. The molecule has 0 saturated heterocycles. The molecule has 2 N–H and O–H groups in total. The lowest BCUT2D eigenvalue weighted by atomic mass is 10.5. The monoisotopic (exact) mass is 313 g/mol. The maximum Gasteiger partial charge on any atom is 0.154 e. The van der Waals surface area contributed by atoms with Crippen LogP contribution in [0.25, 0.3) is 0 Å². The van der Waals surface area contributed by atoms with Crippen molar-refractivity contribution in [1.82, 2.24) is 9.97 Å². The van der Waals surface area contributed by atoms with Crippen LogP contribution >= 0.6 is 22.6 Å². The number of nitrogens with zero attached hydrogens (tertiary/aromatic N) is 2. The first-order valence-electron chi connectivity index (χ1n) is 3.33. The van der Waals surface area contributed by atoms with Gasteiger partial charge >= 0.3 is 0 Å². The van der Waals surface area contributed by atoms with E-state index < -0.39 is 9.84 Å². The van der Waals surface area contributed by atoms with Gasteiger partial charge in [-0.2, -0.15) is 0 Å². The minimum atomic E-state index is -3.09. The van der Waals surface area contributed by atoms with Crippen LogP contribution in [0.2, 0.25) is 0 Å². The second-order valence-corrected chi connectivity index (χ2v) is 5.89. The van der Waals surface area contributed by atoms with E-state index in [0.29, 0.717) is 5.82 Å². The van der Waals surface area contributed by atoms with Crippen molar-refractivity contribution in [2.75, 3.05) is 12.0 Å². The average molecular weight is 313 g/mol. The Bertz CT molecular complexity index is 418. The van der Waals surface area contributed by atoms with E-state index in [4.69, 9.17) is 5.73 Å². The summed E-state index contributed by atoms with van der Waals surface area (Å²) in [5.74, 6) is 0.378. The summed E-state index contributed by atoms with van der Waals surface area (Å²) >= 11 is 1.98. The zero-order valence-electron chi connectivity index (χ0n) is 6.86. The van der Waals surface area contributed by atoms with E-state index in [1.54, 1.807) is 0 Å². The fraction of sp³-hybridized carbons (Fsp3) is 0.333. The normalized spacial score (nSPS) is 11.5. The van der Waals surface area contributed by atoms with Gasteiger partial charge < -0.3 is 5.73 Å². The van der Waals surface area contributed by atoms with Gasteiger partial charge in [0.2, 0.25) is 0 Å². The highest BCUT2D eigenvalue weighted by molar-refractivity contribution is 14.1. The summed E-state index contributed by atoms with van der Waals surface area (Å²) in [6, 6.07) is 0. The molecule has 1 heterocycles. The van der Waals surface area contributed by atoms with Crippen molar-refractivity contribution in [3.05, 3.63) is 15.6 Å². The summed E-state index contributed by atoms with van der Waals surface area (Å²) < 4.78 is 22.5. The minimum absolute atomic E-state index is 0.173. The van der Waals surface area contributed by atoms with Gasteiger partial charge in [-0.25, -0.2) is 18.4 Å². The van der Waals surface area contributed by atoms with Crippen LogP contribution in [0.5, 0.6) is 0 Å². The van der Waals surface area contributed by atoms with Crippen LogP contribution in [-0.2, 0) is 15.6 Å². The van der Waals surface area contributed by atoms with E-state index >= 15 is 0 Å². The Labute approximate surface area is 89.8 Å². The van der Waals surface area contributed by atoms with Gasteiger partial charge in [-0.15, -0.1) is 0 Å². The summed E-state index contributed by atoms with van der Waals surface area (Å²) in [4.78, 5) is 7.68. The second kappa shape index (κ2) is 3.74. The number of halogens is 1. The number of aromatic nitrogens is 2. The smallest absolute Gasteiger partial charge is 0.154 e. The maximum atomic E-state index is 10.9. The molecular formula is C6H8IN3O2S. The lowest BCUT2D eigenvalue weighted by molar-refractivity contribution is 0.599. The number of nitrogens with two attached hydrogens (primary N) is 1. The Balaban J connectivity index is 2.99. The van der Waals surface area contributed by atoms with Crippen LogP contribution in [0.1, 0.15) is 5.82 Å². The van der Waals surface area contributed by atoms with Crippen LogP contribution in [0.15, 0.2) is 6.20 Å². The fourth-order valence-corrected chi connectivity index (χ4v) is 1.59. The predicted octanol–water partition coefficient (Wildman–Crippen LogP) is 0.208. The second-order valence-electron chi connectivity index (χ2n) is 2.59. The quantitative estimate of drug-likeness (QED) is 0.789. The molecule has 0 aliphatic carbocycles. The molecule has 0 bridgehead atoms. The molecule has 13 heavy (non-hydrogen) atoms. The van der Waals surface area contributed by atoms with Gasteiger partial charge in [0.05, 0.1) is 3.57 Å². The van der Waals surface area contributed by atoms with Crippen LogP contribution in [0.4, 0.5) is 5.82 Å². The minimum Gasteiger partial charge on any atom is -0.383 e. The predicted molar refractivity (Wildman–Crippen MR) is 57.7 cm³/mol. The van der Waals surface area contributed by atoms with Crippen molar-refractivity contribution in [3.63, 3.8) is 0 Å². The fourth-order valence-electron chi connectivity index (χ4n) is 0.723. The summed E-state index contributed by atoms with van der Waals surface area (Å²) in [5.41, 5.74) is 5.49. The van der Waals surface area contributed by atoms with Gasteiger partial charge in [0.25, 0.3) is 0 Å². The first-order chi connectivity index (χ1) is 5.88. The molecule has 0 aliphatic rings. The zero-order valence-corrected chi connectivity index (χ0v) is 9.83.